The lowest BCUT2D eigenvalue weighted by Gasteiger charge is -2.10. The van der Waals surface area contributed by atoms with E-state index in [9.17, 15) is 12.8 Å². The third kappa shape index (κ3) is 3.09. The van der Waals surface area contributed by atoms with Crippen molar-refractivity contribution in [2.24, 2.45) is 0 Å². The summed E-state index contributed by atoms with van der Waals surface area (Å²) in [6.45, 7) is 1.49. The quantitative estimate of drug-likeness (QED) is 0.859. The Kier molecular flexibility index (Phi) is 3.52. The molecule has 1 rings (SSSR count). The summed E-state index contributed by atoms with van der Waals surface area (Å²) in [5.41, 5.74) is 0.111. The third-order valence-electron chi connectivity index (χ3n) is 1.81. The molecule has 0 aliphatic rings. The van der Waals surface area contributed by atoms with Gasteiger partial charge in [-0.3, -0.25) is 4.72 Å². The van der Waals surface area contributed by atoms with Crippen molar-refractivity contribution in [2.75, 3.05) is 17.6 Å². The van der Waals surface area contributed by atoms with Crippen molar-refractivity contribution < 1.29 is 17.5 Å². The summed E-state index contributed by atoms with van der Waals surface area (Å²) in [6.07, 6.45) is 0. The second kappa shape index (κ2) is 4.48. The molecule has 4 nitrogen and oxygen atoms in total. The number of nitrogens with one attached hydrogen (secondary N) is 1. The Hall–Kier alpha value is -1.30. The maximum atomic E-state index is 12.9. The SMILES string of the molecule is CCS(=O)(=O)Nc1cc(F)ccc1OC. The van der Waals surface area contributed by atoms with Crippen LogP contribution in [0.25, 0.3) is 0 Å². The van der Waals surface area contributed by atoms with Gasteiger partial charge in [-0.05, 0) is 19.1 Å². The Balaban J connectivity index is 3.08. The molecule has 6 heteroatoms. The normalized spacial score (nSPS) is 11.1. The molecule has 0 bridgehead atoms. The molecular formula is C9H12FNO3S. The Bertz CT molecular complexity index is 445. The number of anilines is 1. The number of methoxy groups -OCH3 is 1. The van der Waals surface area contributed by atoms with Crippen molar-refractivity contribution in [3.8, 4) is 5.75 Å². The number of benzene rings is 1. The summed E-state index contributed by atoms with van der Waals surface area (Å²) < 4.78 is 42.5. The second-order valence-electron chi connectivity index (χ2n) is 2.85. The average Bonchev–Trinajstić information content (AvgIpc) is 2.18. The van der Waals surface area contributed by atoms with E-state index in [1.54, 1.807) is 0 Å². The summed E-state index contributed by atoms with van der Waals surface area (Å²) in [6, 6.07) is 3.64. The van der Waals surface area contributed by atoms with E-state index in [4.69, 9.17) is 4.74 Å². The molecule has 0 aromatic heterocycles. The van der Waals surface area contributed by atoms with Gasteiger partial charge in [0.1, 0.15) is 11.6 Å². The van der Waals surface area contributed by atoms with Gasteiger partial charge in [0.2, 0.25) is 10.0 Å². The zero-order valence-electron chi connectivity index (χ0n) is 8.45. The standard InChI is InChI=1S/C9H12FNO3S/c1-3-15(12,13)11-8-6-7(10)4-5-9(8)14-2/h4-6,11H,3H2,1-2H3. The topological polar surface area (TPSA) is 55.4 Å². The van der Waals surface area contributed by atoms with E-state index in [1.807, 2.05) is 0 Å². The summed E-state index contributed by atoms with van der Waals surface area (Å²) in [5.74, 6) is -0.315. The molecule has 0 aliphatic carbocycles. The van der Waals surface area contributed by atoms with Gasteiger partial charge in [-0.15, -0.1) is 0 Å². The molecule has 0 unspecified atom stereocenters. The van der Waals surface area contributed by atoms with Crippen LogP contribution in [0.1, 0.15) is 6.92 Å². The van der Waals surface area contributed by atoms with Crippen LogP contribution in [0.2, 0.25) is 0 Å². The van der Waals surface area contributed by atoms with E-state index in [-0.39, 0.29) is 17.2 Å². The van der Waals surface area contributed by atoms with Gasteiger partial charge in [-0.2, -0.15) is 0 Å². The predicted octanol–water partition coefficient (Wildman–Crippen LogP) is 1.60. The first kappa shape index (κ1) is 11.8. The molecule has 0 radical (unpaired) electrons. The van der Waals surface area contributed by atoms with E-state index in [0.717, 1.165) is 6.07 Å². The van der Waals surface area contributed by atoms with Crippen molar-refractivity contribution in [2.45, 2.75) is 6.92 Å². The smallest absolute Gasteiger partial charge is 0.232 e. The molecule has 0 aliphatic heterocycles. The van der Waals surface area contributed by atoms with Crippen LogP contribution in [0.5, 0.6) is 5.75 Å². The molecule has 15 heavy (non-hydrogen) atoms. The van der Waals surface area contributed by atoms with Crippen LogP contribution in [-0.2, 0) is 10.0 Å². The molecular weight excluding hydrogens is 221 g/mol. The van der Waals surface area contributed by atoms with Crippen LogP contribution < -0.4 is 9.46 Å². The van der Waals surface area contributed by atoms with Gasteiger partial charge in [-0.25, -0.2) is 12.8 Å². The first-order valence-corrected chi connectivity index (χ1v) is 5.97. The summed E-state index contributed by atoms with van der Waals surface area (Å²) >= 11 is 0. The zero-order chi connectivity index (χ0) is 11.5. The van der Waals surface area contributed by atoms with Crippen LogP contribution in [-0.4, -0.2) is 21.3 Å². The van der Waals surface area contributed by atoms with Crippen LogP contribution in [0.15, 0.2) is 18.2 Å². The number of halogens is 1. The highest BCUT2D eigenvalue weighted by Crippen LogP contribution is 2.25. The minimum absolute atomic E-state index is 0.0767. The number of rotatable bonds is 4. The highest BCUT2D eigenvalue weighted by molar-refractivity contribution is 7.92. The molecule has 0 heterocycles. The lowest BCUT2D eigenvalue weighted by atomic mass is 10.3. The van der Waals surface area contributed by atoms with E-state index in [0.29, 0.717) is 0 Å². The number of sulfonamides is 1. The van der Waals surface area contributed by atoms with Crippen molar-refractivity contribution in [3.05, 3.63) is 24.0 Å². The van der Waals surface area contributed by atoms with Gasteiger partial charge >= 0.3 is 0 Å². The first-order valence-electron chi connectivity index (χ1n) is 4.32. The number of ether oxygens (including phenoxy) is 1. The lowest BCUT2D eigenvalue weighted by molar-refractivity contribution is 0.416. The maximum absolute atomic E-state index is 12.9. The average molecular weight is 233 g/mol. The van der Waals surface area contributed by atoms with Gasteiger partial charge in [-0.1, -0.05) is 0 Å². The van der Waals surface area contributed by atoms with Crippen molar-refractivity contribution in [3.63, 3.8) is 0 Å². The number of hydrogen-bond acceptors (Lipinski definition) is 3. The molecule has 0 saturated carbocycles. The molecule has 1 aromatic carbocycles. The van der Waals surface area contributed by atoms with E-state index >= 15 is 0 Å². The van der Waals surface area contributed by atoms with Gasteiger partial charge in [0.05, 0.1) is 18.6 Å². The molecule has 0 amide bonds. The van der Waals surface area contributed by atoms with Crippen LogP contribution in [0.4, 0.5) is 10.1 Å². The number of hydrogen-bond donors (Lipinski definition) is 1. The van der Waals surface area contributed by atoms with Crippen LogP contribution >= 0.6 is 0 Å². The van der Waals surface area contributed by atoms with E-state index < -0.39 is 15.8 Å². The lowest BCUT2D eigenvalue weighted by Crippen LogP contribution is -2.15. The summed E-state index contributed by atoms with van der Waals surface area (Å²) in [7, 11) is -2.03. The van der Waals surface area contributed by atoms with E-state index in [1.165, 1.54) is 26.2 Å². The summed E-state index contributed by atoms with van der Waals surface area (Å²) in [4.78, 5) is 0. The minimum Gasteiger partial charge on any atom is -0.495 e. The van der Waals surface area contributed by atoms with Crippen molar-refractivity contribution >= 4 is 15.7 Å². The van der Waals surface area contributed by atoms with Crippen LogP contribution in [0.3, 0.4) is 0 Å². The third-order valence-corrected chi connectivity index (χ3v) is 3.10. The monoisotopic (exact) mass is 233 g/mol. The molecule has 1 N–H and O–H groups in total. The van der Waals surface area contributed by atoms with Crippen molar-refractivity contribution in [1.82, 2.24) is 0 Å². The Labute approximate surface area is 88.1 Å². The molecule has 0 fully saturated rings. The highest BCUT2D eigenvalue weighted by Gasteiger charge is 2.11. The molecule has 0 spiro atoms. The van der Waals surface area contributed by atoms with Crippen LogP contribution in [0, 0.1) is 5.82 Å². The predicted molar refractivity (Wildman–Crippen MR) is 56.0 cm³/mol. The second-order valence-corrected chi connectivity index (χ2v) is 4.86. The Morgan fingerprint density at radius 3 is 2.67 bits per heavy atom. The Morgan fingerprint density at radius 2 is 2.13 bits per heavy atom. The fourth-order valence-electron chi connectivity index (χ4n) is 1.000. The summed E-state index contributed by atoms with van der Waals surface area (Å²) in [5, 5.41) is 0. The highest BCUT2D eigenvalue weighted by atomic mass is 32.2. The molecule has 1 aromatic rings. The molecule has 0 atom stereocenters. The molecule has 84 valence electrons. The van der Waals surface area contributed by atoms with Crippen molar-refractivity contribution in [1.29, 1.82) is 0 Å². The fourth-order valence-corrected chi connectivity index (χ4v) is 1.64. The molecule has 0 saturated heterocycles. The Morgan fingerprint density at radius 1 is 1.47 bits per heavy atom. The minimum atomic E-state index is -3.42. The first-order chi connectivity index (χ1) is 6.98. The largest absolute Gasteiger partial charge is 0.495 e. The van der Waals surface area contributed by atoms with Gasteiger partial charge in [0.15, 0.2) is 0 Å². The fraction of sp³-hybridized carbons (Fsp3) is 0.333. The van der Waals surface area contributed by atoms with Gasteiger partial charge in [0, 0.05) is 6.07 Å². The zero-order valence-corrected chi connectivity index (χ0v) is 9.27. The van der Waals surface area contributed by atoms with Gasteiger partial charge < -0.3 is 4.74 Å². The van der Waals surface area contributed by atoms with E-state index in [2.05, 4.69) is 4.72 Å². The van der Waals surface area contributed by atoms with Gasteiger partial charge in [0.25, 0.3) is 0 Å². The maximum Gasteiger partial charge on any atom is 0.232 e.